The summed E-state index contributed by atoms with van der Waals surface area (Å²) in [5.74, 6) is -0.843. The zero-order valence-corrected chi connectivity index (χ0v) is 13.7. The van der Waals surface area contributed by atoms with E-state index in [1.807, 2.05) is 18.2 Å². The average molecular weight is 373 g/mol. The van der Waals surface area contributed by atoms with Crippen LogP contribution in [0.1, 0.15) is 5.56 Å². The van der Waals surface area contributed by atoms with Crippen molar-refractivity contribution in [1.82, 2.24) is 4.31 Å². The van der Waals surface area contributed by atoms with Crippen LogP contribution in [0.4, 0.5) is 10.1 Å². The van der Waals surface area contributed by atoms with Crippen molar-refractivity contribution in [1.29, 1.82) is 0 Å². The lowest BCUT2D eigenvalue weighted by atomic mass is 10.2. The standard InChI is InChI=1S/C14H14BrFN2O2S/c1-18(9-10-5-3-2-4-6-10)21(19,20)13-8-11(17)7-12(15)14(13)16/h2-8H,9,17H2,1H3. The maximum Gasteiger partial charge on any atom is 0.246 e. The van der Waals surface area contributed by atoms with Crippen LogP contribution in [-0.4, -0.2) is 19.8 Å². The van der Waals surface area contributed by atoms with Crippen LogP contribution in [0.2, 0.25) is 0 Å². The second-order valence-electron chi connectivity index (χ2n) is 4.56. The lowest BCUT2D eigenvalue weighted by molar-refractivity contribution is 0.459. The molecular formula is C14H14BrFN2O2S. The number of sulfonamides is 1. The molecule has 0 fully saturated rings. The summed E-state index contributed by atoms with van der Waals surface area (Å²) in [5.41, 5.74) is 6.59. The summed E-state index contributed by atoms with van der Waals surface area (Å²) < 4.78 is 40.1. The van der Waals surface area contributed by atoms with E-state index in [1.54, 1.807) is 12.1 Å². The first-order valence-corrected chi connectivity index (χ1v) is 8.30. The first kappa shape index (κ1) is 15.9. The Labute approximate surface area is 131 Å². The molecule has 0 amide bonds. The second-order valence-corrected chi connectivity index (χ2v) is 7.43. The lowest BCUT2D eigenvalue weighted by Crippen LogP contribution is -2.27. The number of hydrogen-bond acceptors (Lipinski definition) is 3. The zero-order valence-electron chi connectivity index (χ0n) is 11.3. The molecule has 0 heterocycles. The summed E-state index contributed by atoms with van der Waals surface area (Å²) in [5, 5.41) is 0. The van der Waals surface area contributed by atoms with Gasteiger partial charge in [-0.3, -0.25) is 0 Å². The molecule has 0 bridgehead atoms. The monoisotopic (exact) mass is 372 g/mol. The van der Waals surface area contributed by atoms with Crippen molar-refractivity contribution in [3.05, 3.63) is 58.3 Å². The summed E-state index contributed by atoms with van der Waals surface area (Å²) in [4.78, 5) is -0.437. The van der Waals surface area contributed by atoms with Gasteiger partial charge in [-0.05, 0) is 33.6 Å². The number of nitrogen functional groups attached to an aromatic ring is 1. The fourth-order valence-electron chi connectivity index (χ4n) is 1.86. The number of nitrogens with two attached hydrogens (primary N) is 1. The third kappa shape index (κ3) is 3.42. The van der Waals surface area contributed by atoms with Gasteiger partial charge in [-0.2, -0.15) is 4.31 Å². The number of rotatable bonds is 4. The quantitative estimate of drug-likeness (QED) is 0.839. The normalized spacial score (nSPS) is 11.8. The zero-order chi connectivity index (χ0) is 15.6. The highest BCUT2D eigenvalue weighted by Gasteiger charge is 2.26. The molecule has 2 rings (SSSR count). The minimum Gasteiger partial charge on any atom is -0.399 e. The van der Waals surface area contributed by atoms with Gasteiger partial charge in [0.25, 0.3) is 0 Å². The Kier molecular flexibility index (Phi) is 4.65. The molecule has 0 saturated carbocycles. The molecule has 0 aliphatic carbocycles. The van der Waals surface area contributed by atoms with E-state index >= 15 is 0 Å². The molecule has 0 unspecified atom stereocenters. The van der Waals surface area contributed by atoms with Crippen molar-refractivity contribution < 1.29 is 12.8 Å². The number of nitrogens with zero attached hydrogens (tertiary/aromatic N) is 1. The first-order chi connectivity index (χ1) is 9.82. The Hall–Kier alpha value is -1.44. The SMILES string of the molecule is CN(Cc1ccccc1)S(=O)(=O)c1cc(N)cc(Br)c1F. The van der Waals surface area contributed by atoms with Crippen LogP contribution >= 0.6 is 15.9 Å². The van der Waals surface area contributed by atoms with Gasteiger partial charge >= 0.3 is 0 Å². The number of hydrogen-bond donors (Lipinski definition) is 1. The van der Waals surface area contributed by atoms with Crippen LogP contribution in [0.5, 0.6) is 0 Å². The molecule has 0 saturated heterocycles. The molecule has 2 N–H and O–H groups in total. The van der Waals surface area contributed by atoms with E-state index in [0.29, 0.717) is 0 Å². The van der Waals surface area contributed by atoms with Gasteiger partial charge in [0.15, 0.2) is 5.82 Å². The topological polar surface area (TPSA) is 63.4 Å². The van der Waals surface area contributed by atoms with E-state index in [1.165, 1.54) is 13.1 Å². The summed E-state index contributed by atoms with van der Waals surface area (Å²) in [6.45, 7) is 0.148. The van der Waals surface area contributed by atoms with E-state index in [0.717, 1.165) is 15.9 Å². The van der Waals surface area contributed by atoms with E-state index in [-0.39, 0.29) is 16.7 Å². The first-order valence-electron chi connectivity index (χ1n) is 6.07. The molecule has 112 valence electrons. The highest BCUT2D eigenvalue weighted by molar-refractivity contribution is 9.10. The largest absolute Gasteiger partial charge is 0.399 e. The number of anilines is 1. The predicted molar refractivity (Wildman–Crippen MR) is 83.6 cm³/mol. The fraction of sp³-hybridized carbons (Fsp3) is 0.143. The van der Waals surface area contributed by atoms with Gasteiger partial charge in [0.2, 0.25) is 10.0 Å². The maximum absolute atomic E-state index is 14.1. The highest BCUT2D eigenvalue weighted by atomic mass is 79.9. The van der Waals surface area contributed by atoms with Crippen molar-refractivity contribution in [3.63, 3.8) is 0 Å². The number of benzene rings is 2. The summed E-state index contributed by atoms with van der Waals surface area (Å²) in [6.07, 6.45) is 0. The van der Waals surface area contributed by atoms with Gasteiger partial charge < -0.3 is 5.73 Å². The second kappa shape index (κ2) is 6.13. The molecule has 0 aromatic heterocycles. The van der Waals surface area contributed by atoms with Crippen molar-refractivity contribution in [2.75, 3.05) is 12.8 Å². The van der Waals surface area contributed by atoms with Crippen LogP contribution in [0, 0.1) is 5.82 Å². The lowest BCUT2D eigenvalue weighted by Gasteiger charge is -2.18. The highest BCUT2D eigenvalue weighted by Crippen LogP contribution is 2.28. The van der Waals surface area contributed by atoms with Gasteiger partial charge in [0.05, 0.1) is 4.47 Å². The Balaban J connectivity index is 2.38. The summed E-state index contributed by atoms with van der Waals surface area (Å²) >= 11 is 2.97. The van der Waals surface area contributed by atoms with E-state index < -0.39 is 20.7 Å². The van der Waals surface area contributed by atoms with Crippen molar-refractivity contribution >= 4 is 31.6 Å². The van der Waals surface area contributed by atoms with Gasteiger partial charge in [0.1, 0.15) is 4.90 Å². The Bertz CT molecular complexity index is 751. The molecule has 2 aromatic carbocycles. The van der Waals surface area contributed by atoms with Crippen LogP contribution in [0.15, 0.2) is 51.8 Å². The molecule has 0 atom stereocenters. The van der Waals surface area contributed by atoms with Crippen LogP contribution in [0.3, 0.4) is 0 Å². The molecule has 0 aliphatic rings. The van der Waals surface area contributed by atoms with Crippen LogP contribution < -0.4 is 5.73 Å². The van der Waals surface area contributed by atoms with E-state index in [9.17, 15) is 12.8 Å². The Morgan fingerprint density at radius 1 is 1.24 bits per heavy atom. The molecule has 4 nitrogen and oxygen atoms in total. The predicted octanol–water partition coefficient (Wildman–Crippen LogP) is 2.99. The smallest absolute Gasteiger partial charge is 0.246 e. The van der Waals surface area contributed by atoms with Crippen molar-refractivity contribution in [2.45, 2.75) is 11.4 Å². The van der Waals surface area contributed by atoms with Gasteiger partial charge in [-0.1, -0.05) is 30.3 Å². The third-order valence-corrected chi connectivity index (χ3v) is 5.33. The number of halogens is 2. The molecule has 0 spiro atoms. The molecule has 0 radical (unpaired) electrons. The Morgan fingerprint density at radius 2 is 1.86 bits per heavy atom. The van der Waals surface area contributed by atoms with Gasteiger partial charge in [-0.25, -0.2) is 12.8 Å². The third-order valence-electron chi connectivity index (χ3n) is 2.95. The van der Waals surface area contributed by atoms with Crippen LogP contribution in [0.25, 0.3) is 0 Å². The molecule has 2 aromatic rings. The van der Waals surface area contributed by atoms with Gasteiger partial charge in [0, 0.05) is 19.3 Å². The van der Waals surface area contributed by atoms with Gasteiger partial charge in [-0.15, -0.1) is 0 Å². The van der Waals surface area contributed by atoms with E-state index in [2.05, 4.69) is 15.9 Å². The minimum atomic E-state index is -3.96. The van der Waals surface area contributed by atoms with E-state index in [4.69, 9.17) is 5.73 Å². The minimum absolute atomic E-state index is 0.0224. The van der Waals surface area contributed by atoms with Crippen molar-refractivity contribution in [3.8, 4) is 0 Å². The average Bonchev–Trinajstić information content (AvgIpc) is 2.43. The molecule has 0 aliphatic heterocycles. The fourth-order valence-corrected chi connectivity index (χ4v) is 3.75. The molecule has 21 heavy (non-hydrogen) atoms. The molecular weight excluding hydrogens is 359 g/mol. The summed E-state index contributed by atoms with van der Waals surface area (Å²) in [7, 11) is -2.56. The maximum atomic E-state index is 14.1. The van der Waals surface area contributed by atoms with Crippen molar-refractivity contribution in [2.24, 2.45) is 0 Å². The summed E-state index contributed by atoms with van der Waals surface area (Å²) in [6, 6.07) is 11.5. The molecule has 7 heteroatoms. The Morgan fingerprint density at radius 3 is 2.48 bits per heavy atom. The van der Waals surface area contributed by atoms with Crippen LogP contribution in [-0.2, 0) is 16.6 Å².